The van der Waals surface area contributed by atoms with Crippen LogP contribution >= 0.6 is 0 Å². The van der Waals surface area contributed by atoms with Gasteiger partial charge < -0.3 is 14.5 Å². The molecular weight excluding hydrogens is 420 g/mol. The molecule has 0 radical (unpaired) electrons. The molecule has 0 unspecified atom stereocenters. The molecule has 5 rings (SSSR count). The predicted octanol–water partition coefficient (Wildman–Crippen LogP) is 3.02. The summed E-state index contributed by atoms with van der Waals surface area (Å²) in [5, 5.41) is 8.40. The number of carbonyl (C=O) groups excluding carboxylic acids is 2. The molecule has 9 heteroatoms. The molecule has 1 fully saturated rings. The number of aromatic nitrogens is 4. The minimum Gasteiger partial charge on any atom is -0.454 e. The number of cyclic esters (lactones) is 1. The van der Waals surface area contributed by atoms with Crippen molar-refractivity contribution in [2.75, 3.05) is 18.5 Å². The third-order valence-corrected chi connectivity index (χ3v) is 6.66. The summed E-state index contributed by atoms with van der Waals surface area (Å²) in [6, 6.07) is 9.31. The number of carbonyl (C=O) groups is 2. The number of piperidine rings is 1. The average molecular weight is 447 g/mol. The lowest BCUT2D eigenvalue weighted by molar-refractivity contribution is 0.0421. The molecule has 0 N–H and O–H groups in total. The van der Waals surface area contributed by atoms with Crippen LogP contribution in [0, 0.1) is 0 Å². The summed E-state index contributed by atoms with van der Waals surface area (Å²) in [6.45, 7) is 4.45. The summed E-state index contributed by atoms with van der Waals surface area (Å²) in [5.74, 6) is 0.202. The zero-order chi connectivity index (χ0) is 23.1. The highest BCUT2D eigenvalue weighted by Crippen LogP contribution is 2.36. The first kappa shape index (κ1) is 21.1. The van der Waals surface area contributed by atoms with Crippen molar-refractivity contribution in [1.29, 1.82) is 0 Å². The highest BCUT2D eigenvalue weighted by Gasteiger charge is 2.37. The fourth-order valence-corrected chi connectivity index (χ4v) is 4.75. The van der Waals surface area contributed by atoms with Crippen molar-refractivity contribution < 1.29 is 14.3 Å². The van der Waals surface area contributed by atoms with Crippen molar-refractivity contribution in [3.63, 3.8) is 0 Å². The van der Waals surface area contributed by atoms with Gasteiger partial charge in [0.1, 0.15) is 17.5 Å². The number of para-hydroxylation sites is 1. The van der Waals surface area contributed by atoms with Gasteiger partial charge >= 0.3 is 5.97 Å². The first-order valence-electron chi connectivity index (χ1n) is 11.1. The molecule has 2 aliphatic rings. The van der Waals surface area contributed by atoms with Gasteiger partial charge in [0.15, 0.2) is 0 Å². The monoisotopic (exact) mass is 446 g/mol. The Morgan fingerprint density at radius 1 is 1.09 bits per heavy atom. The minimum atomic E-state index is -0.342. The number of nitrogens with zero attached hydrogens (tertiary/aromatic N) is 6. The normalized spacial score (nSPS) is 22.1. The summed E-state index contributed by atoms with van der Waals surface area (Å²) in [5.41, 5.74) is 2.59. The van der Waals surface area contributed by atoms with Crippen molar-refractivity contribution >= 4 is 17.7 Å². The number of amides is 1. The molecule has 1 aromatic carbocycles. The highest BCUT2D eigenvalue weighted by molar-refractivity contribution is 5.99. The number of pyridine rings is 1. The lowest BCUT2D eigenvalue weighted by Crippen LogP contribution is -2.53. The second-order valence-corrected chi connectivity index (χ2v) is 8.63. The number of hydrogen-bond acceptors (Lipinski definition) is 7. The first-order valence-corrected chi connectivity index (χ1v) is 11.1. The second-order valence-electron chi connectivity index (χ2n) is 8.63. The second kappa shape index (κ2) is 8.31. The number of esters is 1. The first-order chi connectivity index (χ1) is 16.0. The lowest BCUT2D eigenvalue weighted by atomic mass is 9.96. The molecule has 3 aromatic rings. The molecular formula is C24H26N6O3. The third kappa shape index (κ3) is 3.63. The molecule has 0 aliphatic carbocycles. The van der Waals surface area contributed by atoms with Crippen LogP contribution in [0.1, 0.15) is 59.1 Å². The van der Waals surface area contributed by atoms with Gasteiger partial charge in [-0.05, 0) is 44.9 Å². The quantitative estimate of drug-likeness (QED) is 0.569. The van der Waals surface area contributed by atoms with Gasteiger partial charge in [0.2, 0.25) is 0 Å². The van der Waals surface area contributed by atoms with E-state index in [2.05, 4.69) is 22.1 Å². The van der Waals surface area contributed by atoms with E-state index in [4.69, 9.17) is 4.74 Å². The molecule has 1 saturated heterocycles. The fraction of sp³-hybridized carbons (Fsp3) is 0.375. The summed E-state index contributed by atoms with van der Waals surface area (Å²) < 4.78 is 5.41. The van der Waals surface area contributed by atoms with E-state index in [9.17, 15) is 9.59 Å². The van der Waals surface area contributed by atoms with E-state index >= 15 is 0 Å². The fourth-order valence-electron chi connectivity index (χ4n) is 4.75. The molecule has 170 valence electrons. The van der Waals surface area contributed by atoms with Crippen molar-refractivity contribution in [1.82, 2.24) is 24.9 Å². The van der Waals surface area contributed by atoms with Gasteiger partial charge in [-0.3, -0.25) is 4.79 Å². The van der Waals surface area contributed by atoms with E-state index in [1.165, 1.54) is 4.80 Å². The van der Waals surface area contributed by atoms with Crippen molar-refractivity contribution in [2.24, 2.45) is 0 Å². The molecule has 0 bridgehead atoms. The number of anilines is 1. The Labute approximate surface area is 192 Å². The SMILES string of the molecule is C[C@@H]1OC(=O)c2c1ccnc2N(C)[C@@H]1CC[C@@H](C)N(C(=O)c2ccccc2-n2nccn2)C1. The number of hydrogen-bond donors (Lipinski definition) is 0. The number of likely N-dealkylation sites (N-methyl/N-ethyl adjacent to an activating group) is 1. The average Bonchev–Trinajstić information content (AvgIpc) is 3.47. The van der Waals surface area contributed by atoms with E-state index in [1.54, 1.807) is 18.6 Å². The number of benzene rings is 1. The number of ether oxygens (including phenoxy) is 1. The van der Waals surface area contributed by atoms with E-state index in [1.807, 2.05) is 54.1 Å². The zero-order valence-corrected chi connectivity index (χ0v) is 18.9. The molecule has 0 saturated carbocycles. The Morgan fingerprint density at radius 3 is 2.64 bits per heavy atom. The van der Waals surface area contributed by atoms with Gasteiger partial charge in [-0.15, -0.1) is 0 Å². The van der Waals surface area contributed by atoms with Gasteiger partial charge in [0.05, 0.1) is 23.6 Å². The standard InChI is InChI=1S/C24H26N6O3/c1-15-8-9-17(28(3)22-21-18(10-11-25-22)16(2)33-24(21)32)14-29(15)23(31)19-6-4-5-7-20(19)30-26-12-13-27-30/h4-7,10-13,15-17H,8-9,14H2,1-3H3/t15-,16+,17-/m1/s1. The van der Waals surface area contributed by atoms with Gasteiger partial charge in [0, 0.05) is 37.4 Å². The maximum atomic E-state index is 13.7. The molecule has 1 amide bonds. The van der Waals surface area contributed by atoms with Crippen molar-refractivity contribution in [2.45, 2.75) is 44.9 Å². The van der Waals surface area contributed by atoms with Gasteiger partial charge in [0.25, 0.3) is 5.91 Å². The van der Waals surface area contributed by atoms with Crippen LogP contribution in [-0.2, 0) is 4.74 Å². The van der Waals surface area contributed by atoms with Crippen LogP contribution in [0.3, 0.4) is 0 Å². The number of likely N-dealkylation sites (tertiary alicyclic amines) is 1. The Hall–Kier alpha value is -3.75. The van der Waals surface area contributed by atoms with E-state index in [0.717, 1.165) is 18.4 Å². The van der Waals surface area contributed by atoms with E-state index in [0.29, 0.717) is 29.2 Å². The molecule has 0 spiro atoms. The molecule has 4 heterocycles. The maximum absolute atomic E-state index is 13.7. The topological polar surface area (TPSA) is 93.5 Å². The smallest absolute Gasteiger partial charge is 0.342 e. The third-order valence-electron chi connectivity index (χ3n) is 6.66. The van der Waals surface area contributed by atoms with Gasteiger partial charge in [-0.25, -0.2) is 9.78 Å². The van der Waals surface area contributed by atoms with Crippen molar-refractivity contribution in [3.8, 4) is 5.69 Å². The Bertz CT molecular complexity index is 1190. The minimum absolute atomic E-state index is 0.0165. The Balaban J connectivity index is 1.43. The molecule has 9 nitrogen and oxygen atoms in total. The largest absolute Gasteiger partial charge is 0.454 e. The number of fused-ring (bicyclic) bond motifs is 1. The molecule has 2 aromatic heterocycles. The van der Waals surface area contributed by atoms with Crippen LogP contribution in [-0.4, -0.2) is 62.4 Å². The molecule has 3 atom stereocenters. The molecule has 2 aliphatic heterocycles. The summed E-state index contributed by atoms with van der Waals surface area (Å²) in [6.07, 6.45) is 6.35. The predicted molar refractivity (Wildman–Crippen MR) is 121 cm³/mol. The van der Waals surface area contributed by atoms with E-state index < -0.39 is 0 Å². The Kier molecular flexibility index (Phi) is 5.32. The van der Waals surface area contributed by atoms with Crippen molar-refractivity contribution in [3.05, 3.63) is 65.6 Å². The summed E-state index contributed by atoms with van der Waals surface area (Å²) >= 11 is 0. The lowest BCUT2D eigenvalue weighted by Gasteiger charge is -2.42. The summed E-state index contributed by atoms with van der Waals surface area (Å²) in [4.78, 5) is 36.0. The molecule has 33 heavy (non-hydrogen) atoms. The zero-order valence-electron chi connectivity index (χ0n) is 18.9. The highest BCUT2D eigenvalue weighted by atomic mass is 16.5. The Morgan fingerprint density at radius 2 is 1.85 bits per heavy atom. The van der Waals surface area contributed by atoms with Crippen LogP contribution in [0.25, 0.3) is 5.69 Å². The summed E-state index contributed by atoms with van der Waals surface area (Å²) in [7, 11) is 1.93. The van der Waals surface area contributed by atoms with Crippen LogP contribution in [0.15, 0.2) is 48.9 Å². The maximum Gasteiger partial charge on any atom is 0.342 e. The van der Waals surface area contributed by atoms with Crippen LogP contribution in [0.2, 0.25) is 0 Å². The van der Waals surface area contributed by atoms with Gasteiger partial charge in [-0.1, -0.05) is 12.1 Å². The number of rotatable bonds is 4. The van der Waals surface area contributed by atoms with Gasteiger partial charge in [-0.2, -0.15) is 15.0 Å². The van der Waals surface area contributed by atoms with Crippen LogP contribution < -0.4 is 4.90 Å². The van der Waals surface area contributed by atoms with Crippen LogP contribution in [0.5, 0.6) is 0 Å². The van der Waals surface area contributed by atoms with E-state index in [-0.39, 0.29) is 30.1 Å². The van der Waals surface area contributed by atoms with Crippen LogP contribution in [0.4, 0.5) is 5.82 Å².